The molecule has 1 saturated heterocycles. The maximum absolute atomic E-state index is 13.8. The number of aromatic hydroxyl groups is 1. The SMILES string of the molecule is CC(C)(C)OC(=O)[C@@H]1CCCN1C(=O)C(Cc1ccc(O)cc1)NC(=O)OCC1c2ccccc2-c2ccccc21. The number of carbonyl (C=O) groups excluding carboxylic acids is 3. The van der Waals surface area contributed by atoms with Gasteiger partial charge in [0.05, 0.1) is 0 Å². The highest BCUT2D eigenvalue weighted by atomic mass is 16.6. The number of hydrogen-bond acceptors (Lipinski definition) is 6. The van der Waals surface area contributed by atoms with Crippen LogP contribution in [-0.2, 0) is 25.5 Å². The van der Waals surface area contributed by atoms with Crippen molar-refractivity contribution in [3.8, 4) is 16.9 Å². The molecule has 2 aliphatic rings. The minimum absolute atomic E-state index is 0.102. The number of amides is 2. The molecule has 41 heavy (non-hydrogen) atoms. The van der Waals surface area contributed by atoms with Crippen molar-refractivity contribution in [1.82, 2.24) is 10.2 Å². The van der Waals surface area contributed by atoms with E-state index in [2.05, 4.69) is 17.4 Å². The number of likely N-dealkylation sites (tertiary alicyclic amines) is 1. The Balaban J connectivity index is 1.32. The zero-order valence-electron chi connectivity index (χ0n) is 23.6. The standard InChI is InChI=1S/C33H36N2O6/c1-33(2,3)41-31(38)29-13-8-18-35(29)30(37)28(19-21-14-16-22(36)17-15-21)34-32(39)40-20-27-25-11-6-4-9-23(25)24-10-5-7-12-26(24)27/h4-7,9-12,14-17,27-29,36H,8,13,18-20H2,1-3H3,(H,34,39)/t28?,29-/m0/s1. The van der Waals surface area contributed by atoms with Crippen LogP contribution < -0.4 is 5.32 Å². The molecule has 3 aromatic carbocycles. The fourth-order valence-corrected chi connectivity index (χ4v) is 5.70. The van der Waals surface area contributed by atoms with Crippen molar-refractivity contribution in [1.29, 1.82) is 0 Å². The Morgan fingerprint density at radius 1 is 0.951 bits per heavy atom. The summed E-state index contributed by atoms with van der Waals surface area (Å²) in [5.74, 6) is -0.840. The first kappa shape index (κ1) is 28.2. The fraction of sp³-hybridized carbons (Fsp3) is 0.364. The van der Waals surface area contributed by atoms with E-state index in [1.807, 2.05) is 36.4 Å². The lowest BCUT2D eigenvalue weighted by Gasteiger charge is -2.30. The predicted octanol–water partition coefficient (Wildman–Crippen LogP) is 5.17. The zero-order chi connectivity index (χ0) is 29.1. The molecule has 1 aliphatic heterocycles. The minimum atomic E-state index is -0.974. The lowest BCUT2D eigenvalue weighted by molar-refractivity contribution is -0.163. The molecule has 5 rings (SSSR count). The van der Waals surface area contributed by atoms with Crippen LogP contribution in [0.25, 0.3) is 11.1 Å². The average molecular weight is 557 g/mol. The molecule has 2 atom stereocenters. The van der Waals surface area contributed by atoms with Gasteiger partial charge in [-0.1, -0.05) is 60.7 Å². The third kappa shape index (κ3) is 6.37. The minimum Gasteiger partial charge on any atom is -0.508 e. The number of fused-ring (bicyclic) bond motifs is 3. The van der Waals surface area contributed by atoms with Crippen LogP contribution in [0.1, 0.15) is 56.2 Å². The molecule has 2 N–H and O–H groups in total. The summed E-state index contributed by atoms with van der Waals surface area (Å²) in [6.07, 6.45) is 0.613. The first-order chi connectivity index (χ1) is 19.6. The summed E-state index contributed by atoms with van der Waals surface area (Å²) in [6.45, 7) is 5.88. The number of phenolic OH excluding ortho intramolecular Hbond substituents is 1. The quantitative estimate of drug-likeness (QED) is 0.389. The Morgan fingerprint density at radius 2 is 1.56 bits per heavy atom. The van der Waals surface area contributed by atoms with Crippen LogP contribution in [0, 0.1) is 0 Å². The average Bonchev–Trinajstić information content (AvgIpc) is 3.55. The van der Waals surface area contributed by atoms with Gasteiger partial charge in [-0.15, -0.1) is 0 Å². The number of nitrogens with one attached hydrogen (secondary N) is 1. The third-order valence-corrected chi connectivity index (χ3v) is 7.52. The van der Waals surface area contributed by atoms with Gasteiger partial charge in [0.25, 0.3) is 0 Å². The Labute approximate surface area is 240 Å². The van der Waals surface area contributed by atoms with E-state index in [-0.39, 0.29) is 30.6 Å². The van der Waals surface area contributed by atoms with Gasteiger partial charge < -0.3 is 24.8 Å². The number of ether oxygens (including phenoxy) is 2. The molecule has 1 unspecified atom stereocenters. The van der Waals surface area contributed by atoms with E-state index in [1.54, 1.807) is 32.9 Å². The second kappa shape index (κ2) is 11.6. The largest absolute Gasteiger partial charge is 0.508 e. The second-order valence-corrected chi connectivity index (χ2v) is 11.6. The summed E-state index contributed by atoms with van der Waals surface area (Å²) in [4.78, 5) is 41.4. The van der Waals surface area contributed by atoms with E-state index >= 15 is 0 Å². The highest BCUT2D eigenvalue weighted by molar-refractivity contribution is 5.90. The first-order valence-corrected chi connectivity index (χ1v) is 14.0. The van der Waals surface area contributed by atoms with Crippen LogP contribution in [0.5, 0.6) is 5.75 Å². The van der Waals surface area contributed by atoms with Gasteiger partial charge in [0.2, 0.25) is 5.91 Å². The number of carbonyl (C=O) groups is 3. The number of phenols is 1. The molecule has 0 saturated carbocycles. The van der Waals surface area contributed by atoms with Gasteiger partial charge in [-0.25, -0.2) is 9.59 Å². The van der Waals surface area contributed by atoms with E-state index in [1.165, 1.54) is 17.0 Å². The molecular weight excluding hydrogens is 520 g/mol. The van der Waals surface area contributed by atoms with Crippen molar-refractivity contribution in [2.24, 2.45) is 0 Å². The Bertz CT molecular complexity index is 1380. The highest BCUT2D eigenvalue weighted by Gasteiger charge is 2.40. The number of hydrogen-bond donors (Lipinski definition) is 2. The van der Waals surface area contributed by atoms with E-state index in [4.69, 9.17) is 9.47 Å². The van der Waals surface area contributed by atoms with Gasteiger partial charge in [0, 0.05) is 18.9 Å². The molecule has 0 bridgehead atoms. The lowest BCUT2D eigenvalue weighted by atomic mass is 9.98. The molecule has 0 spiro atoms. The van der Waals surface area contributed by atoms with Gasteiger partial charge in [0.15, 0.2) is 0 Å². The molecule has 1 aliphatic carbocycles. The normalized spacial score (nSPS) is 17.0. The molecule has 1 fully saturated rings. The Kier molecular flexibility index (Phi) is 8.01. The summed E-state index contributed by atoms with van der Waals surface area (Å²) in [5, 5.41) is 12.5. The van der Waals surface area contributed by atoms with Gasteiger partial charge in [-0.3, -0.25) is 4.79 Å². The van der Waals surface area contributed by atoms with Crippen LogP contribution in [0.2, 0.25) is 0 Å². The van der Waals surface area contributed by atoms with Crippen LogP contribution in [-0.4, -0.2) is 58.8 Å². The topological polar surface area (TPSA) is 105 Å². The van der Waals surface area contributed by atoms with E-state index < -0.39 is 29.7 Å². The lowest BCUT2D eigenvalue weighted by Crippen LogP contribution is -2.53. The number of rotatable bonds is 7. The molecule has 0 radical (unpaired) electrons. The zero-order valence-corrected chi connectivity index (χ0v) is 23.6. The predicted molar refractivity (Wildman–Crippen MR) is 154 cm³/mol. The van der Waals surface area contributed by atoms with Gasteiger partial charge in [0.1, 0.15) is 30.0 Å². The number of alkyl carbamates (subject to hydrolysis) is 1. The van der Waals surface area contributed by atoms with Crippen molar-refractivity contribution in [3.63, 3.8) is 0 Å². The number of nitrogens with zero attached hydrogens (tertiary/aromatic N) is 1. The molecule has 214 valence electrons. The van der Waals surface area contributed by atoms with Crippen molar-refractivity contribution in [2.75, 3.05) is 13.2 Å². The second-order valence-electron chi connectivity index (χ2n) is 11.6. The van der Waals surface area contributed by atoms with Crippen LogP contribution in [0.15, 0.2) is 72.8 Å². The van der Waals surface area contributed by atoms with Gasteiger partial charge in [-0.2, -0.15) is 0 Å². The van der Waals surface area contributed by atoms with E-state index in [0.717, 1.165) is 27.8 Å². The van der Waals surface area contributed by atoms with Crippen molar-refractivity contribution in [2.45, 2.75) is 63.6 Å². The van der Waals surface area contributed by atoms with E-state index in [0.29, 0.717) is 19.4 Å². The molecule has 8 nitrogen and oxygen atoms in total. The van der Waals surface area contributed by atoms with Crippen molar-refractivity contribution < 1.29 is 29.0 Å². The molecular formula is C33H36N2O6. The number of benzene rings is 3. The molecule has 1 heterocycles. The maximum atomic E-state index is 13.8. The van der Waals surface area contributed by atoms with Crippen molar-refractivity contribution >= 4 is 18.0 Å². The van der Waals surface area contributed by atoms with Crippen molar-refractivity contribution in [3.05, 3.63) is 89.5 Å². The summed E-state index contributed by atoms with van der Waals surface area (Å²) in [7, 11) is 0. The molecule has 3 aromatic rings. The van der Waals surface area contributed by atoms with Crippen LogP contribution in [0.3, 0.4) is 0 Å². The maximum Gasteiger partial charge on any atom is 0.407 e. The summed E-state index contributed by atoms with van der Waals surface area (Å²) in [5.41, 5.74) is 4.50. The Morgan fingerprint density at radius 3 is 2.17 bits per heavy atom. The van der Waals surface area contributed by atoms with E-state index in [9.17, 15) is 19.5 Å². The molecule has 0 aromatic heterocycles. The summed E-state index contributed by atoms with van der Waals surface area (Å²) < 4.78 is 11.3. The summed E-state index contributed by atoms with van der Waals surface area (Å²) in [6, 6.07) is 20.9. The monoisotopic (exact) mass is 556 g/mol. The number of esters is 1. The molecule has 2 amide bonds. The molecule has 8 heteroatoms. The van der Waals surface area contributed by atoms with Crippen LogP contribution in [0.4, 0.5) is 4.79 Å². The van der Waals surface area contributed by atoms with Gasteiger partial charge >= 0.3 is 12.1 Å². The smallest absolute Gasteiger partial charge is 0.407 e. The van der Waals surface area contributed by atoms with Crippen LogP contribution >= 0.6 is 0 Å². The third-order valence-electron chi connectivity index (χ3n) is 7.52. The highest BCUT2D eigenvalue weighted by Crippen LogP contribution is 2.44. The Hall–Kier alpha value is -4.33. The first-order valence-electron chi connectivity index (χ1n) is 14.0. The fourth-order valence-electron chi connectivity index (χ4n) is 5.70. The summed E-state index contributed by atoms with van der Waals surface area (Å²) >= 11 is 0. The van der Waals surface area contributed by atoms with Gasteiger partial charge in [-0.05, 0) is 73.6 Å².